The van der Waals surface area contributed by atoms with Gasteiger partial charge in [-0.15, -0.1) is 0 Å². The van der Waals surface area contributed by atoms with Crippen LogP contribution in [0.2, 0.25) is 0 Å². The first-order valence-corrected chi connectivity index (χ1v) is 8.12. The Morgan fingerprint density at radius 3 is 2.88 bits per heavy atom. The molecular weight excluding hydrogens is 320 g/mol. The minimum Gasteiger partial charge on any atom is -0.463 e. The van der Waals surface area contributed by atoms with Crippen molar-refractivity contribution in [2.75, 3.05) is 13.7 Å². The molecule has 3 rings (SSSR count). The number of hydrogen-bond donors (Lipinski definition) is 2. The van der Waals surface area contributed by atoms with Crippen molar-refractivity contribution in [1.29, 1.82) is 0 Å². The molecule has 0 unspecified atom stereocenters. The van der Waals surface area contributed by atoms with Crippen LogP contribution in [0.25, 0.3) is 10.9 Å². The third kappa shape index (κ3) is 3.57. The van der Waals surface area contributed by atoms with E-state index in [-0.39, 0.29) is 11.7 Å². The van der Waals surface area contributed by atoms with Crippen LogP contribution in [0, 0.1) is 6.92 Å². The monoisotopic (exact) mass is 340 g/mol. The van der Waals surface area contributed by atoms with Gasteiger partial charge in [0.1, 0.15) is 5.76 Å². The van der Waals surface area contributed by atoms with Gasteiger partial charge in [0, 0.05) is 29.7 Å². The maximum atomic E-state index is 12.2. The molecule has 0 saturated heterocycles. The van der Waals surface area contributed by atoms with Crippen LogP contribution in [0.5, 0.6) is 0 Å². The number of aromatic nitrogens is 1. The molecule has 0 aliphatic rings. The third-order valence-corrected chi connectivity index (χ3v) is 4.13. The first-order valence-electron chi connectivity index (χ1n) is 8.12. The summed E-state index contributed by atoms with van der Waals surface area (Å²) in [6, 6.07) is 9.56. The predicted molar refractivity (Wildman–Crippen MR) is 93.7 cm³/mol. The first-order chi connectivity index (χ1) is 12.1. The Morgan fingerprint density at radius 1 is 1.28 bits per heavy atom. The van der Waals surface area contributed by atoms with Gasteiger partial charge in [0.15, 0.2) is 0 Å². The molecule has 3 aromatic rings. The van der Waals surface area contributed by atoms with E-state index in [0.717, 1.165) is 18.4 Å². The zero-order valence-electron chi connectivity index (χ0n) is 14.2. The van der Waals surface area contributed by atoms with E-state index in [9.17, 15) is 9.59 Å². The summed E-state index contributed by atoms with van der Waals surface area (Å²) >= 11 is 0. The van der Waals surface area contributed by atoms with Gasteiger partial charge in [-0.1, -0.05) is 18.2 Å². The van der Waals surface area contributed by atoms with Gasteiger partial charge in [-0.25, -0.2) is 4.79 Å². The van der Waals surface area contributed by atoms with Gasteiger partial charge >= 0.3 is 5.97 Å². The highest BCUT2D eigenvalue weighted by Crippen LogP contribution is 2.19. The molecule has 25 heavy (non-hydrogen) atoms. The number of benzene rings is 1. The molecule has 2 heterocycles. The lowest BCUT2D eigenvalue weighted by molar-refractivity contribution is 0.0563. The summed E-state index contributed by atoms with van der Waals surface area (Å²) in [5, 5.41) is 4.07. The number of hydrogen-bond acceptors (Lipinski definition) is 4. The molecule has 0 radical (unpaired) electrons. The quantitative estimate of drug-likeness (QED) is 0.533. The molecule has 6 nitrogen and oxygen atoms in total. The number of aromatic amines is 1. The van der Waals surface area contributed by atoms with E-state index in [1.807, 2.05) is 24.4 Å². The molecule has 0 bridgehead atoms. The van der Waals surface area contributed by atoms with Crippen molar-refractivity contribution in [3.05, 3.63) is 59.2 Å². The Bertz CT molecular complexity index is 907. The Labute approximate surface area is 145 Å². The molecule has 0 aliphatic carbocycles. The minimum absolute atomic E-state index is 0.0314. The molecule has 0 aliphatic heterocycles. The number of ether oxygens (including phenoxy) is 1. The lowest BCUT2D eigenvalue weighted by atomic mass is 10.1. The molecule has 6 heteroatoms. The normalized spacial score (nSPS) is 10.8. The van der Waals surface area contributed by atoms with E-state index in [1.165, 1.54) is 24.1 Å². The summed E-state index contributed by atoms with van der Waals surface area (Å²) in [5.74, 6) is -0.421. The number of para-hydroxylation sites is 1. The summed E-state index contributed by atoms with van der Waals surface area (Å²) in [5.41, 5.74) is 2.70. The Hall–Kier alpha value is -3.02. The summed E-state index contributed by atoms with van der Waals surface area (Å²) in [4.78, 5) is 26.9. The van der Waals surface area contributed by atoms with E-state index in [2.05, 4.69) is 21.1 Å². The van der Waals surface area contributed by atoms with Crippen LogP contribution >= 0.6 is 0 Å². The summed E-state index contributed by atoms with van der Waals surface area (Å²) in [6.45, 7) is 2.18. The molecule has 2 aromatic heterocycles. The fourth-order valence-electron chi connectivity index (χ4n) is 2.82. The standard InChI is InChI=1S/C19H20N2O4/c1-12-15(10-17(25-12)19(23)24-2)18(22)20-9-5-6-13-11-21-16-8-4-3-7-14(13)16/h3-4,7-8,10-11,21H,5-6,9H2,1-2H3,(H,20,22). The number of furan rings is 1. The Balaban J connectivity index is 1.54. The molecule has 0 atom stereocenters. The topological polar surface area (TPSA) is 84.3 Å². The lowest BCUT2D eigenvalue weighted by Gasteiger charge is -2.04. The number of esters is 1. The molecule has 130 valence electrons. The summed E-state index contributed by atoms with van der Waals surface area (Å²) in [6.07, 6.45) is 3.69. The fourth-order valence-corrected chi connectivity index (χ4v) is 2.82. The highest BCUT2D eigenvalue weighted by atomic mass is 16.5. The first kappa shape index (κ1) is 16.8. The average Bonchev–Trinajstić information content (AvgIpc) is 3.21. The van der Waals surface area contributed by atoms with Gasteiger partial charge in [0.05, 0.1) is 12.7 Å². The van der Waals surface area contributed by atoms with Crippen LogP contribution in [-0.4, -0.2) is 30.5 Å². The smallest absolute Gasteiger partial charge is 0.373 e. The van der Waals surface area contributed by atoms with Gasteiger partial charge in [-0.3, -0.25) is 4.79 Å². The number of nitrogens with one attached hydrogen (secondary N) is 2. The highest BCUT2D eigenvalue weighted by Gasteiger charge is 2.19. The van der Waals surface area contributed by atoms with Crippen LogP contribution in [0.15, 0.2) is 40.9 Å². The van der Waals surface area contributed by atoms with Crippen molar-refractivity contribution in [3.63, 3.8) is 0 Å². The number of methoxy groups -OCH3 is 1. The summed E-state index contributed by atoms with van der Waals surface area (Å²) < 4.78 is 9.85. The lowest BCUT2D eigenvalue weighted by Crippen LogP contribution is -2.25. The van der Waals surface area contributed by atoms with E-state index in [1.54, 1.807) is 6.92 Å². The molecule has 0 spiro atoms. The maximum absolute atomic E-state index is 12.2. The fraction of sp³-hybridized carbons (Fsp3) is 0.263. The van der Waals surface area contributed by atoms with E-state index in [0.29, 0.717) is 17.9 Å². The van der Waals surface area contributed by atoms with Crippen molar-refractivity contribution >= 4 is 22.8 Å². The van der Waals surface area contributed by atoms with Gasteiger partial charge in [0.25, 0.3) is 5.91 Å². The van der Waals surface area contributed by atoms with Crippen LogP contribution in [0.3, 0.4) is 0 Å². The van der Waals surface area contributed by atoms with Crippen LogP contribution in [-0.2, 0) is 11.2 Å². The predicted octanol–water partition coefficient (Wildman–Crippen LogP) is 3.22. The second-order valence-electron chi connectivity index (χ2n) is 5.79. The molecular formula is C19H20N2O4. The zero-order chi connectivity index (χ0) is 17.8. The van der Waals surface area contributed by atoms with E-state index >= 15 is 0 Å². The van der Waals surface area contributed by atoms with Crippen molar-refractivity contribution < 1.29 is 18.7 Å². The average molecular weight is 340 g/mol. The molecule has 2 N–H and O–H groups in total. The second kappa shape index (κ2) is 7.25. The number of amides is 1. The number of rotatable bonds is 6. The SMILES string of the molecule is COC(=O)c1cc(C(=O)NCCCc2c[nH]c3ccccc23)c(C)o1. The van der Waals surface area contributed by atoms with Gasteiger partial charge in [-0.05, 0) is 31.4 Å². The third-order valence-electron chi connectivity index (χ3n) is 4.13. The van der Waals surface area contributed by atoms with Crippen molar-refractivity contribution in [2.45, 2.75) is 19.8 Å². The number of fused-ring (bicyclic) bond motifs is 1. The van der Waals surface area contributed by atoms with Crippen molar-refractivity contribution in [2.24, 2.45) is 0 Å². The van der Waals surface area contributed by atoms with E-state index in [4.69, 9.17) is 4.42 Å². The molecule has 1 amide bonds. The Kier molecular flexibility index (Phi) is 4.88. The second-order valence-corrected chi connectivity index (χ2v) is 5.79. The Morgan fingerprint density at radius 2 is 2.08 bits per heavy atom. The zero-order valence-corrected chi connectivity index (χ0v) is 14.2. The highest BCUT2D eigenvalue weighted by molar-refractivity contribution is 5.98. The van der Waals surface area contributed by atoms with Gasteiger partial charge < -0.3 is 19.5 Å². The molecule has 0 fully saturated rings. The number of carbonyl (C=O) groups is 2. The number of carbonyl (C=O) groups excluding carboxylic acids is 2. The van der Waals surface area contributed by atoms with Gasteiger partial charge in [0.2, 0.25) is 5.76 Å². The minimum atomic E-state index is -0.596. The van der Waals surface area contributed by atoms with Crippen LogP contribution < -0.4 is 5.32 Å². The maximum Gasteiger partial charge on any atom is 0.373 e. The largest absolute Gasteiger partial charge is 0.463 e. The van der Waals surface area contributed by atoms with Crippen LogP contribution in [0.4, 0.5) is 0 Å². The van der Waals surface area contributed by atoms with E-state index < -0.39 is 5.97 Å². The number of H-pyrrole nitrogens is 1. The van der Waals surface area contributed by atoms with Crippen molar-refractivity contribution in [1.82, 2.24) is 10.3 Å². The van der Waals surface area contributed by atoms with Gasteiger partial charge in [-0.2, -0.15) is 0 Å². The molecule has 1 aromatic carbocycles. The van der Waals surface area contributed by atoms with Crippen molar-refractivity contribution in [3.8, 4) is 0 Å². The number of aryl methyl sites for hydroxylation is 2. The summed E-state index contributed by atoms with van der Waals surface area (Å²) in [7, 11) is 1.27. The molecule has 0 saturated carbocycles. The van der Waals surface area contributed by atoms with Crippen LogP contribution in [0.1, 0.15) is 38.7 Å².